The minimum absolute atomic E-state index is 0.0248. The van der Waals surface area contributed by atoms with Crippen LogP contribution in [0.2, 0.25) is 0 Å². The quantitative estimate of drug-likeness (QED) is 0.524. The Morgan fingerprint density at radius 2 is 1.92 bits per heavy atom. The number of nitrogens with zero attached hydrogens (tertiary/aromatic N) is 1. The van der Waals surface area contributed by atoms with Gasteiger partial charge in [0.25, 0.3) is 0 Å². The highest BCUT2D eigenvalue weighted by Crippen LogP contribution is 2.09. The molecule has 13 heavy (non-hydrogen) atoms. The van der Waals surface area contributed by atoms with Gasteiger partial charge in [0.2, 0.25) is 6.54 Å². The van der Waals surface area contributed by atoms with Crippen molar-refractivity contribution in [2.24, 2.45) is 0 Å². The highest BCUT2D eigenvalue weighted by atomic mass is 16.6. The molecular weight excluding hydrogens is 166 g/mol. The van der Waals surface area contributed by atoms with Crippen molar-refractivity contribution >= 4 is 0 Å². The lowest BCUT2D eigenvalue weighted by Gasteiger charge is -2.03. The lowest BCUT2D eigenvalue weighted by atomic mass is 10.0. The molecule has 0 unspecified atom stereocenters. The Hall–Kier alpha value is -1.38. The Labute approximate surface area is 77.5 Å². The number of aryl methyl sites for hydroxylation is 1. The van der Waals surface area contributed by atoms with Gasteiger partial charge >= 0.3 is 0 Å². The number of nitro groups is 1. The topological polar surface area (TPSA) is 43.1 Å². The summed E-state index contributed by atoms with van der Waals surface area (Å²) in [4.78, 5) is 9.91. The Bertz CT molecular complexity index is 297. The van der Waals surface area contributed by atoms with Crippen molar-refractivity contribution in [1.29, 1.82) is 0 Å². The van der Waals surface area contributed by atoms with Gasteiger partial charge in [0, 0.05) is 11.3 Å². The van der Waals surface area contributed by atoms with Gasteiger partial charge in [-0.05, 0) is 17.5 Å². The summed E-state index contributed by atoms with van der Waals surface area (Å²) in [6.07, 6.45) is 1.48. The van der Waals surface area contributed by atoms with E-state index < -0.39 is 0 Å². The molecule has 70 valence electrons. The van der Waals surface area contributed by atoms with Crippen molar-refractivity contribution in [3.05, 3.63) is 45.5 Å². The number of hydrogen-bond acceptors (Lipinski definition) is 2. The molecule has 0 atom stereocenters. The third kappa shape index (κ3) is 2.86. The molecule has 0 fully saturated rings. The first-order valence-electron chi connectivity index (χ1n) is 4.42. The van der Waals surface area contributed by atoms with Gasteiger partial charge in [0.1, 0.15) is 0 Å². The van der Waals surface area contributed by atoms with E-state index in [0.717, 1.165) is 12.0 Å². The molecule has 0 aliphatic heterocycles. The average Bonchev–Trinajstić information content (AvgIpc) is 2.15. The fourth-order valence-corrected chi connectivity index (χ4v) is 1.36. The smallest absolute Gasteiger partial charge is 0.207 e. The van der Waals surface area contributed by atoms with E-state index in [4.69, 9.17) is 0 Å². The summed E-state index contributed by atoms with van der Waals surface area (Å²) in [5, 5.41) is 10.2. The van der Waals surface area contributed by atoms with Crippen LogP contribution < -0.4 is 0 Å². The number of rotatable bonds is 4. The fraction of sp³-hybridized carbons (Fsp3) is 0.400. The summed E-state index contributed by atoms with van der Waals surface area (Å²) in [5.74, 6) is 0. The molecule has 3 heteroatoms. The van der Waals surface area contributed by atoms with Crippen LogP contribution in [0, 0.1) is 10.1 Å². The number of benzene rings is 1. The molecule has 0 saturated carbocycles. The molecule has 0 aliphatic carbocycles. The molecule has 0 saturated heterocycles. The molecule has 0 bridgehead atoms. The second-order valence-corrected chi connectivity index (χ2v) is 2.93. The highest BCUT2D eigenvalue weighted by molar-refractivity contribution is 5.27. The fourth-order valence-electron chi connectivity index (χ4n) is 1.36. The van der Waals surface area contributed by atoms with Crippen LogP contribution in [0.25, 0.3) is 0 Å². The predicted molar refractivity (Wildman–Crippen MR) is 51.4 cm³/mol. The maximum absolute atomic E-state index is 10.2. The van der Waals surface area contributed by atoms with Gasteiger partial charge in [0.05, 0.1) is 0 Å². The first-order valence-corrected chi connectivity index (χ1v) is 4.42. The summed E-state index contributed by atoms with van der Waals surface area (Å²) in [6, 6.07) is 7.88. The molecule has 1 rings (SSSR count). The first kappa shape index (κ1) is 9.71. The van der Waals surface area contributed by atoms with Gasteiger partial charge in [-0.15, -0.1) is 0 Å². The van der Waals surface area contributed by atoms with Gasteiger partial charge in [-0.2, -0.15) is 0 Å². The molecule has 0 spiro atoms. The normalized spacial score (nSPS) is 9.92. The van der Waals surface area contributed by atoms with Crippen molar-refractivity contribution in [3.8, 4) is 0 Å². The van der Waals surface area contributed by atoms with Gasteiger partial charge in [-0.25, -0.2) is 0 Å². The molecule has 1 aromatic rings. The molecule has 1 aromatic carbocycles. The van der Waals surface area contributed by atoms with Gasteiger partial charge in [-0.1, -0.05) is 31.2 Å². The van der Waals surface area contributed by atoms with Gasteiger partial charge in [0.15, 0.2) is 0 Å². The van der Waals surface area contributed by atoms with Crippen molar-refractivity contribution in [1.82, 2.24) is 0 Å². The molecule has 0 amide bonds. The zero-order valence-corrected chi connectivity index (χ0v) is 7.69. The predicted octanol–water partition coefficient (Wildman–Crippen LogP) is 2.07. The molecule has 0 heterocycles. The zero-order chi connectivity index (χ0) is 9.68. The Balaban J connectivity index is 2.69. The zero-order valence-electron chi connectivity index (χ0n) is 7.69. The van der Waals surface area contributed by atoms with E-state index in [9.17, 15) is 10.1 Å². The highest BCUT2D eigenvalue weighted by Gasteiger charge is 2.03. The van der Waals surface area contributed by atoms with Gasteiger partial charge in [-0.3, -0.25) is 10.1 Å². The van der Waals surface area contributed by atoms with Crippen LogP contribution in [0.1, 0.15) is 18.1 Å². The van der Waals surface area contributed by atoms with E-state index in [-0.39, 0.29) is 11.5 Å². The average molecular weight is 179 g/mol. The first-order chi connectivity index (χ1) is 6.24. The third-order valence-electron chi connectivity index (χ3n) is 2.06. The second kappa shape index (κ2) is 4.60. The third-order valence-corrected chi connectivity index (χ3v) is 2.06. The summed E-state index contributed by atoms with van der Waals surface area (Å²) in [6.45, 7) is 2.09. The summed E-state index contributed by atoms with van der Waals surface area (Å²) in [7, 11) is 0. The monoisotopic (exact) mass is 179 g/mol. The lowest BCUT2D eigenvalue weighted by Crippen LogP contribution is -2.05. The lowest BCUT2D eigenvalue weighted by molar-refractivity contribution is -0.479. The SMILES string of the molecule is CCc1ccccc1CC[N+](=O)[O-]. The van der Waals surface area contributed by atoms with Crippen LogP contribution in [-0.4, -0.2) is 11.5 Å². The second-order valence-electron chi connectivity index (χ2n) is 2.93. The van der Waals surface area contributed by atoms with Crippen LogP contribution in [-0.2, 0) is 12.8 Å². The van der Waals surface area contributed by atoms with E-state index in [1.54, 1.807) is 0 Å². The van der Waals surface area contributed by atoms with Crippen LogP contribution in [0.5, 0.6) is 0 Å². The van der Waals surface area contributed by atoms with E-state index >= 15 is 0 Å². The Morgan fingerprint density at radius 1 is 1.31 bits per heavy atom. The largest absolute Gasteiger partial charge is 0.265 e. The Kier molecular flexibility index (Phi) is 3.43. The van der Waals surface area contributed by atoms with Crippen molar-refractivity contribution < 1.29 is 4.92 Å². The van der Waals surface area contributed by atoms with Crippen molar-refractivity contribution in [3.63, 3.8) is 0 Å². The Morgan fingerprint density at radius 3 is 2.46 bits per heavy atom. The minimum atomic E-state index is -0.271. The van der Waals surface area contributed by atoms with E-state index in [1.807, 2.05) is 24.3 Å². The van der Waals surface area contributed by atoms with E-state index in [2.05, 4.69) is 6.92 Å². The maximum Gasteiger partial charge on any atom is 0.207 e. The van der Waals surface area contributed by atoms with E-state index in [1.165, 1.54) is 5.56 Å². The molecule has 0 aromatic heterocycles. The van der Waals surface area contributed by atoms with Crippen LogP contribution in [0.3, 0.4) is 0 Å². The van der Waals surface area contributed by atoms with Crippen LogP contribution >= 0.6 is 0 Å². The molecule has 0 radical (unpaired) electrons. The summed E-state index contributed by atoms with van der Waals surface area (Å²) >= 11 is 0. The number of hydrogen-bond donors (Lipinski definition) is 0. The van der Waals surface area contributed by atoms with Crippen molar-refractivity contribution in [2.45, 2.75) is 19.8 Å². The maximum atomic E-state index is 10.2. The molecule has 3 nitrogen and oxygen atoms in total. The minimum Gasteiger partial charge on any atom is -0.265 e. The van der Waals surface area contributed by atoms with E-state index in [0.29, 0.717) is 6.42 Å². The van der Waals surface area contributed by atoms with Gasteiger partial charge < -0.3 is 0 Å². The molecule has 0 N–H and O–H groups in total. The molecular formula is C10H13NO2. The van der Waals surface area contributed by atoms with Crippen LogP contribution in [0.15, 0.2) is 24.3 Å². The standard InChI is InChI=1S/C10H13NO2/c1-2-9-5-3-4-6-10(9)7-8-11(12)13/h3-6H,2,7-8H2,1H3. The molecule has 0 aliphatic rings. The van der Waals surface area contributed by atoms with Crippen molar-refractivity contribution in [2.75, 3.05) is 6.54 Å². The summed E-state index contributed by atoms with van der Waals surface area (Å²) in [5.41, 5.74) is 2.31. The van der Waals surface area contributed by atoms with Crippen LogP contribution in [0.4, 0.5) is 0 Å². The summed E-state index contributed by atoms with van der Waals surface area (Å²) < 4.78 is 0.